The van der Waals surface area contributed by atoms with Gasteiger partial charge in [0.15, 0.2) is 0 Å². The van der Waals surface area contributed by atoms with E-state index in [-0.39, 0.29) is 5.91 Å². The van der Waals surface area contributed by atoms with Gasteiger partial charge in [-0.05, 0) is 62.7 Å². The minimum atomic E-state index is 0.245. The molecule has 0 N–H and O–H groups in total. The standard InChI is InChI=1S/C19H24N2OS/c22-19(18-13-15-7-1-2-9-17(15)23-18)21-12-4-3-8-16(21)14-20-10-5-6-11-20/h1-2,7,9,13,16H,3-6,8,10-12,14H2. The molecule has 122 valence electrons. The van der Waals surface area contributed by atoms with Gasteiger partial charge in [0, 0.05) is 23.8 Å². The number of carbonyl (C=O) groups is 1. The molecule has 23 heavy (non-hydrogen) atoms. The molecule has 1 atom stereocenters. The minimum absolute atomic E-state index is 0.245. The summed E-state index contributed by atoms with van der Waals surface area (Å²) in [4.78, 5) is 18.7. The normalized spacial score (nSPS) is 22.8. The molecule has 3 nitrogen and oxygen atoms in total. The third-order valence-corrected chi connectivity index (χ3v) is 6.30. The van der Waals surface area contributed by atoms with Crippen LogP contribution >= 0.6 is 11.3 Å². The maximum atomic E-state index is 13.1. The van der Waals surface area contributed by atoms with Crippen molar-refractivity contribution in [3.8, 4) is 0 Å². The molecule has 4 heteroatoms. The summed E-state index contributed by atoms with van der Waals surface area (Å²) in [5.74, 6) is 0.245. The fourth-order valence-electron chi connectivity index (χ4n) is 3.95. The summed E-state index contributed by atoms with van der Waals surface area (Å²) in [6.07, 6.45) is 6.20. The van der Waals surface area contributed by atoms with Gasteiger partial charge in [0.2, 0.25) is 0 Å². The molecule has 0 bridgehead atoms. The predicted octanol–water partition coefficient (Wildman–Crippen LogP) is 3.99. The van der Waals surface area contributed by atoms with E-state index in [1.165, 1.54) is 42.4 Å². The number of likely N-dealkylation sites (tertiary alicyclic amines) is 2. The molecule has 0 spiro atoms. The quantitative estimate of drug-likeness (QED) is 0.850. The summed E-state index contributed by atoms with van der Waals surface area (Å²) < 4.78 is 1.21. The van der Waals surface area contributed by atoms with Crippen LogP contribution in [0.3, 0.4) is 0 Å². The van der Waals surface area contributed by atoms with Gasteiger partial charge in [0.1, 0.15) is 0 Å². The molecule has 1 amide bonds. The molecule has 3 heterocycles. The summed E-state index contributed by atoms with van der Waals surface area (Å²) in [5.41, 5.74) is 0. The summed E-state index contributed by atoms with van der Waals surface area (Å²) >= 11 is 1.64. The Morgan fingerprint density at radius 3 is 2.70 bits per heavy atom. The molecule has 0 aliphatic carbocycles. The molecule has 2 aliphatic heterocycles. The van der Waals surface area contributed by atoms with Gasteiger partial charge < -0.3 is 9.80 Å². The molecule has 4 rings (SSSR count). The second-order valence-electron chi connectivity index (χ2n) is 6.80. The average Bonchev–Trinajstić information content (AvgIpc) is 3.23. The van der Waals surface area contributed by atoms with E-state index in [9.17, 15) is 4.79 Å². The number of hydrogen-bond acceptors (Lipinski definition) is 3. The summed E-state index contributed by atoms with van der Waals surface area (Å²) in [5, 5.41) is 1.19. The molecule has 2 saturated heterocycles. The Bertz CT molecular complexity index is 656. The summed E-state index contributed by atoms with van der Waals surface area (Å²) in [6, 6.07) is 10.8. The van der Waals surface area contributed by atoms with Crippen LogP contribution in [0.2, 0.25) is 0 Å². The largest absolute Gasteiger partial charge is 0.334 e. The topological polar surface area (TPSA) is 23.6 Å². The van der Waals surface area contributed by atoms with Crippen molar-refractivity contribution in [2.75, 3.05) is 26.2 Å². The van der Waals surface area contributed by atoms with Crippen LogP contribution in [0.4, 0.5) is 0 Å². The molecular weight excluding hydrogens is 304 g/mol. The lowest BCUT2D eigenvalue weighted by Gasteiger charge is -2.37. The van der Waals surface area contributed by atoms with Crippen LogP contribution in [0.5, 0.6) is 0 Å². The van der Waals surface area contributed by atoms with Crippen LogP contribution in [0, 0.1) is 0 Å². The first-order valence-electron chi connectivity index (χ1n) is 8.83. The van der Waals surface area contributed by atoms with Crippen LogP contribution in [-0.2, 0) is 0 Å². The monoisotopic (exact) mass is 328 g/mol. The number of fused-ring (bicyclic) bond motifs is 1. The Hall–Kier alpha value is -1.39. The van der Waals surface area contributed by atoms with Gasteiger partial charge in [-0.25, -0.2) is 0 Å². The summed E-state index contributed by atoms with van der Waals surface area (Å²) in [6.45, 7) is 4.41. The van der Waals surface area contributed by atoms with Crippen molar-refractivity contribution in [3.05, 3.63) is 35.2 Å². The van der Waals surface area contributed by atoms with Crippen LogP contribution in [0.1, 0.15) is 41.8 Å². The van der Waals surface area contributed by atoms with Crippen molar-refractivity contribution in [2.45, 2.75) is 38.1 Å². The molecular formula is C19H24N2OS. The highest BCUT2D eigenvalue weighted by Gasteiger charge is 2.30. The Morgan fingerprint density at radius 1 is 1.09 bits per heavy atom. The zero-order valence-electron chi connectivity index (χ0n) is 13.5. The van der Waals surface area contributed by atoms with Gasteiger partial charge in [-0.15, -0.1) is 11.3 Å². The van der Waals surface area contributed by atoms with E-state index in [0.29, 0.717) is 6.04 Å². The van der Waals surface area contributed by atoms with Gasteiger partial charge in [0.25, 0.3) is 5.91 Å². The van der Waals surface area contributed by atoms with Gasteiger partial charge in [-0.1, -0.05) is 18.2 Å². The molecule has 2 fully saturated rings. The second kappa shape index (κ2) is 6.62. The fraction of sp³-hybridized carbons (Fsp3) is 0.526. The molecule has 0 saturated carbocycles. The fourth-order valence-corrected chi connectivity index (χ4v) is 4.97. The van der Waals surface area contributed by atoms with E-state index in [4.69, 9.17) is 0 Å². The van der Waals surface area contributed by atoms with Crippen molar-refractivity contribution in [1.82, 2.24) is 9.80 Å². The number of hydrogen-bond donors (Lipinski definition) is 0. The summed E-state index contributed by atoms with van der Waals surface area (Å²) in [7, 11) is 0. The van der Waals surface area contributed by atoms with Gasteiger partial charge in [0.05, 0.1) is 4.88 Å². The van der Waals surface area contributed by atoms with Crippen molar-refractivity contribution in [1.29, 1.82) is 0 Å². The highest BCUT2D eigenvalue weighted by molar-refractivity contribution is 7.20. The highest BCUT2D eigenvalue weighted by Crippen LogP contribution is 2.29. The first kappa shape index (κ1) is 15.2. The van der Waals surface area contributed by atoms with Crippen molar-refractivity contribution >= 4 is 27.3 Å². The Balaban J connectivity index is 1.54. The lowest BCUT2D eigenvalue weighted by molar-refractivity contribution is 0.0565. The number of rotatable bonds is 3. The highest BCUT2D eigenvalue weighted by atomic mass is 32.1. The molecule has 2 aliphatic rings. The maximum Gasteiger partial charge on any atom is 0.264 e. The number of thiophene rings is 1. The van der Waals surface area contributed by atoms with Crippen LogP contribution < -0.4 is 0 Å². The van der Waals surface area contributed by atoms with Crippen LogP contribution in [0.15, 0.2) is 30.3 Å². The van der Waals surface area contributed by atoms with Gasteiger partial charge >= 0.3 is 0 Å². The van der Waals surface area contributed by atoms with E-state index in [2.05, 4.69) is 28.0 Å². The van der Waals surface area contributed by atoms with E-state index in [0.717, 1.165) is 30.8 Å². The lowest BCUT2D eigenvalue weighted by Crippen LogP contribution is -2.48. The minimum Gasteiger partial charge on any atom is -0.334 e. The van der Waals surface area contributed by atoms with Gasteiger partial charge in [-0.3, -0.25) is 4.79 Å². The lowest BCUT2D eigenvalue weighted by atomic mass is 10.0. The third-order valence-electron chi connectivity index (χ3n) is 5.19. The van der Waals surface area contributed by atoms with Crippen molar-refractivity contribution < 1.29 is 4.79 Å². The number of amides is 1. The zero-order valence-corrected chi connectivity index (χ0v) is 14.4. The Kier molecular flexibility index (Phi) is 4.36. The molecule has 2 aromatic rings. The van der Waals surface area contributed by atoms with Gasteiger partial charge in [-0.2, -0.15) is 0 Å². The number of piperidine rings is 1. The van der Waals surface area contributed by atoms with E-state index in [1.807, 2.05) is 12.1 Å². The SMILES string of the molecule is O=C(c1cc2ccccc2s1)N1CCCCC1CN1CCCC1. The second-order valence-corrected chi connectivity index (χ2v) is 7.89. The Morgan fingerprint density at radius 2 is 1.87 bits per heavy atom. The number of carbonyl (C=O) groups excluding carboxylic acids is 1. The smallest absolute Gasteiger partial charge is 0.264 e. The predicted molar refractivity (Wildman–Crippen MR) is 96.2 cm³/mol. The van der Waals surface area contributed by atoms with Crippen LogP contribution in [-0.4, -0.2) is 47.9 Å². The number of benzene rings is 1. The third kappa shape index (κ3) is 3.15. The van der Waals surface area contributed by atoms with Crippen molar-refractivity contribution in [3.63, 3.8) is 0 Å². The van der Waals surface area contributed by atoms with E-state index >= 15 is 0 Å². The molecule has 1 aromatic heterocycles. The van der Waals surface area contributed by atoms with Crippen molar-refractivity contribution in [2.24, 2.45) is 0 Å². The number of nitrogens with zero attached hydrogens (tertiary/aromatic N) is 2. The zero-order chi connectivity index (χ0) is 15.6. The average molecular weight is 328 g/mol. The molecule has 1 aromatic carbocycles. The van der Waals surface area contributed by atoms with E-state index < -0.39 is 0 Å². The molecule has 0 radical (unpaired) electrons. The van der Waals surface area contributed by atoms with Crippen LogP contribution in [0.25, 0.3) is 10.1 Å². The first-order chi connectivity index (χ1) is 11.3. The maximum absolute atomic E-state index is 13.1. The molecule has 1 unspecified atom stereocenters. The first-order valence-corrected chi connectivity index (χ1v) is 9.65. The Labute approximate surface area is 141 Å². The van der Waals surface area contributed by atoms with E-state index in [1.54, 1.807) is 11.3 Å².